The molecule has 0 spiro atoms. The number of ether oxygens (including phenoxy) is 1. The molecule has 0 saturated carbocycles. The summed E-state index contributed by atoms with van der Waals surface area (Å²) in [6.45, 7) is 3.85. The van der Waals surface area contributed by atoms with E-state index in [-0.39, 0.29) is 29.4 Å². The van der Waals surface area contributed by atoms with Crippen molar-refractivity contribution < 1.29 is 24.2 Å². The summed E-state index contributed by atoms with van der Waals surface area (Å²) >= 11 is 0.940. The quantitative estimate of drug-likeness (QED) is 0.727. The summed E-state index contributed by atoms with van der Waals surface area (Å²) < 4.78 is 5.69. The Balaban J connectivity index is 1.66. The number of carboxylic acid groups (broad SMARTS) is 1. The Morgan fingerprint density at radius 2 is 1.89 bits per heavy atom. The van der Waals surface area contributed by atoms with E-state index in [9.17, 15) is 14.4 Å². The van der Waals surface area contributed by atoms with Crippen molar-refractivity contribution in [1.82, 2.24) is 4.90 Å². The number of hydrogen-bond donors (Lipinski definition) is 1. The Morgan fingerprint density at radius 1 is 1.18 bits per heavy atom. The molecule has 1 N–H and O–H groups in total. The fourth-order valence-electron chi connectivity index (χ4n) is 2.70. The summed E-state index contributed by atoms with van der Waals surface area (Å²) in [5.41, 5.74) is 1.76. The number of carboxylic acids is 1. The molecular formula is C21H19NO5S. The van der Waals surface area contributed by atoms with E-state index >= 15 is 0 Å². The second-order valence-corrected chi connectivity index (χ2v) is 7.50. The average molecular weight is 397 g/mol. The number of thioether (sulfide) groups is 1. The zero-order valence-corrected chi connectivity index (χ0v) is 16.2. The predicted molar refractivity (Wildman–Crippen MR) is 107 cm³/mol. The Morgan fingerprint density at radius 3 is 2.50 bits per heavy atom. The molecule has 1 aliphatic heterocycles. The van der Waals surface area contributed by atoms with Crippen LogP contribution in [0.4, 0.5) is 4.79 Å². The summed E-state index contributed by atoms with van der Waals surface area (Å²) in [5.74, 6) is -0.634. The number of aromatic carboxylic acids is 1. The number of carbonyl (C=O) groups is 3. The molecule has 28 heavy (non-hydrogen) atoms. The third kappa shape index (κ3) is 4.43. The van der Waals surface area contributed by atoms with Gasteiger partial charge in [-0.3, -0.25) is 14.5 Å². The first kappa shape index (κ1) is 19.7. The number of benzene rings is 2. The topological polar surface area (TPSA) is 83.9 Å². The van der Waals surface area contributed by atoms with E-state index in [1.54, 1.807) is 62.4 Å². The van der Waals surface area contributed by atoms with Gasteiger partial charge in [0.15, 0.2) is 0 Å². The van der Waals surface area contributed by atoms with E-state index < -0.39 is 5.97 Å². The van der Waals surface area contributed by atoms with E-state index in [4.69, 9.17) is 9.84 Å². The van der Waals surface area contributed by atoms with Crippen molar-refractivity contribution in [2.24, 2.45) is 0 Å². The first-order chi connectivity index (χ1) is 13.3. The van der Waals surface area contributed by atoms with Gasteiger partial charge >= 0.3 is 5.97 Å². The minimum atomic E-state index is -0.979. The largest absolute Gasteiger partial charge is 0.489 e. The molecule has 0 unspecified atom stereocenters. The number of carbonyl (C=O) groups excluding carboxylic acids is 2. The summed E-state index contributed by atoms with van der Waals surface area (Å²) in [7, 11) is 0. The highest BCUT2D eigenvalue weighted by atomic mass is 32.2. The van der Waals surface area contributed by atoms with Gasteiger partial charge in [-0.05, 0) is 67.1 Å². The highest BCUT2D eigenvalue weighted by molar-refractivity contribution is 8.18. The van der Waals surface area contributed by atoms with Crippen LogP contribution in [0.2, 0.25) is 0 Å². The van der Waals surface area contributed by atoms with Gasteiger partial charge in [0.25, 0.3) is 11.1 Å². The summed E-state index contributed by atoms with van der Waals surface area (Å²) in [6.07, 6.45) is 1.69. The molecule has 1 heterocycles. The molecule has 144 valence electrons. The molecule has 0 atom stereocenters. The second kappa shape index (κ2) is 8.31. The Bertz CT molecular complexity index is 950. The van der Waals surface area contributed by atoms with E-state index in [1.807, 2.05) is 0 Å². The van der Waals surface area contributed by atoms with E-state index in [0.29, 0.717) is 10.7 Å². The Hall–Kier alpha value is -3.06. The summed E-state index contributed by atoms with van der Waals surface area (Å²) in [4.78, 5) is 36.9. The van der Waals surface area contributed by atoms with Crippen LogP contribution < -0.4 is 4.74 Å². The second-order valence-electron chi connectivity index (χ2n) is 6.51. The highest BCUT2D eigenvalue weighted by Crippen LogP contribution is 2.33. The number of imide groups is 1. The molecule has 7 heteroatoms. The zero-order valence-electron chi connectivity index (χ0n) is 15.4. The highest BCUT2D eigenvalue weighted by Gasteiger charge is 2.36. The molecular weight excluding hydrogens is 378 g/mol. The SMILES string of the molecule is CC(C)N1C(=O)S/C(=C/c2ccc(OCc3cccc(C(=O)O)c3)cc2)C1=O. The lowest BCUT2D eigenvalue weighted by atomic mass is 10.1. The van der Waals surface area contributed by atoms with Gasteiger partial charge in [0.05, 0.1) is 10.5 Å². The van der Waals surface area contributed by atoms with Gasteiger partial charge in [0.2, 0.25) is 0 Å². The molecule has 6 nitrogen and oxygen atoms in total. The number of rotatable bonds is 6. The Labute approximate surface area is 166 Å². The molecule has 3 rings (SSSR count). The molecule has 1 fully saturated rings. The van der Waals surface area contributed by atoms with E-state index in [1.165, 1.54) is 11.0 Å². The zero-order chi connectivity index (χ0) is 20.3. The molecule has 0 aromatic heterocycles. The predicted octanol–water partition coefficient (Wildman–Crippen LogP) is 4.41. The van der Waals surface area contributed by atoms with Gasteiger partial charge < -0.3 is 9.84 Å². The van der Waals surface area contributed by atoms with Crippen LogP contribution in [0.3, 0.4) is 0 Å². The number of nitrogens with zero attached hydrogens (tertiary/aromatic N) is 1. The summed E-state index contributed by atoms with van der Waals surface area (Å²) in [5, 5.41) is 8.77. The first-order valence-electron chi connectivity index (χ1n) is 8.67. The molecule has 2 amide bonds. The molecule has 0 bridgehead atoms. The fraction of sp³-hybridized carbons (Fsp3) is 0.190. The van der Waals surface area contributed by atoms with Gasteiger partial charge in [0, 0.05) is 6.04 Å². The number of amides is 2. The molecule has 1 aliphatic rings. The van der Waals surface area contributed by atoms with Gasteiger partial charge in [-0.15, -0.1) is 0 Å². The van der Waals surface area contributed by atoms with Crippen LogP contribution in [-0.4, -0.2) is 33.2 Å². The van der Waals surface area contributed by atoms with E-state index in [0.717, 1.165) is 22.9 Å². The lowest BCUT2D eigenvalue weighted by molar-refractivity contribution is -0.123. The van der Waals surface area contributed by atoms with Gasteiger partial charge in [-0.25, -0.2) is 4.79 Å². The molecule has 0 aliphatic carbocycles. The maximum absolute atomic E-state index is 12.3. The van der Waals surface area contributed by atoms with Crippen LogP contribution in [0.1, 0.15) is 35.3 Å². The van der Waals surface area contributed by atoms with Crippen LogP contribution in [0.15, 0.2) is 53.4 Å². The minimum Gasteiger partial charge on any atom is -0.489 e. The van der Waals surface area contributed by atoms with Crippen LogP contribution >= 0.6 is 11.8 Å². The van der Waals surface area contributed by atoms with Crippen molar-refractivity contribution in [1.29, 1.82) is 0 Å². The van der Waals surface area contributed by atoms with Gasteiger partial charge in [0.1, 0.15) is 12.4 Å². The number of hydrogen-bond acceptors (Lipinski definition) is 5. The normalized spacial score (nSPS) is 15.5. The fourth-order valence-corrected chi connectivity index (χ4v) is 3.66. The van der Waals surface area contributed by atoms with Crippen molar-refractivity contribution in [2.75, 3.05) is 0 Å². The van der Waals surface area contributed by atoms with Crippen LogP contribution in [0.25, 0.3) is 6.08 Å². The first-order valence-corrected chi connectivity index (χ1v) is 9.49. The lowest BCUT2D eigenvalue weighted by Gasteiger charge is -2.16. The molecule has 2 aromatic rings. The average Bonchev–Trinajstić information content (AvgIpc) is 2.94. The summed E-state index contributed by atoms with van der Waals surface area (Å²) in [6, 6.07) is 13.5. The van der Waals surface area contributed by atoms with Crippen LogP contribution in [0, 0.1) is 0 Å². The van der Waals surface area contributed by atoms with Crippen molar-refractivity contribution in [2.45, 2.75) is 26.5 Å². The lowest BCUT2D eigenvalue weighted by Crippen LogP contribution is -2.34. The van der Waals surface area contributed by atoms with Crippen LogP contribution in [0.5, 0.6) is 5.75 Å². The van der Waals surface area contributed by atoms with Crippen molar-refractivity contribution in [3.05, 3.63) is 70.1 Å². The van der Waals surface area contributed by atoms with E-state index in [2.05, 4.69) is 0 Å². The monoisotopic (exact) mass is 397 g/mol. The third-order valence-corrected chi connectivity index (χ3v) is 4.98. The third-order valence-electron chi connectivity index (χ3n) is 4.10. The van der Waals surface area contributed by atoms with Crippen molar-refractivity contribution >= 4 is 35.0 Å². The standard InChI is InChI=1S/C21H19NO5S/c1-13(2)22-19(23)18(28-21(22)26)11-14-6-8-17(9-7-14)27-12-15-4-3-5-16(10-15)20(24)25/h3-11,13H,12H2,1-2H3,(H,24,25)/b18-11+. The molecule has 2 aromatic carbocycles. The van der Waals surface area contributed by atoms with Gasteiger partial charge in [-0.1, -0.05) is 24.3 Å². The molecule has 1 saturated heterocycles. The maximum Gasteiger partial charge on any atom is 0.335 e. The van der Waals surface area contributed by atoms with Gasteiger partial charge in [-0.2, -0.15) is 0 Å². The van der Waals surface area contributed by atoms with Crippen molar-refractivity contribution in [3.63, 3.8) is 0 Å². The molecule has 0 radical (unpaired) electrons. The smallest absolute Gasteiger partial charge is 0.335 e. The minimum absolute atomic E-state index is 0.172. The maximum atomic E-state index is 12.3. The Kier molecular flexibility index (Phi) is 5.84. The van der Waals surface area contributed by atoms with Crippen LogP contribution in [-0.2, 0) is 11.4 Å². The van der Waals surface area contributed by atoms with Crippen molar-refractivity contribution in [3.8, 4) is 5.75 Å².